The van der Waals surface area contributed by atoms with E-state index in [0.29, 0.717) is 13.2 Å². The highest BCUT2D eigenvalue weighted by Crippen LogP contribution is 2.32. The zero-order chi connectivity index (χ0) is 16.1. The van der Waals surface area contributed by atoms with E-state index < -0.39 is 6.03 Å². The summed E-state index contributed by atoms with van der Waals surface area (Å²) >= 11 is 1.53. The molecule has 1 aliphatic rings. The lowest BCUT2D eigenvalue weighted by atomic mass is 10.1. The molecule has 0 atom stereocenters. The Morgan fingerprint density at radius 3 is 2.78 bits per heavy atom. The summed E-state index contributed by atoms with van der Waals surface area (Å²) in [5.74, 6) is 0. The average molecular weight is 331 g/mol. The summed E-state index contributed by atoms with van der Waals surface area (Å²) < 4.78 is 5.38. The molecule has 1 aromatic heterocycles. The maximum absolute atomic E-state index is 10.8. The zero-order valence-corrected chi connectivity index (χ0v) is 13.3. The number of nitrogens with zero attached hydrogens (tertiary/aromatic N) is 3. The number of urea groups is 1. The Morgan fingerprint density at radius 1 is 1.35 bits per heavy atom. The molecule has 0 radical (unpaired) electrons. The number of aromatic nitrogens is 1. The molecule has 3 rings (SSSR count). The van der Waals surface area contributed by atoms with E-state index in [1.807, 2.05) is 30.3 Å². The number of morpholine rings is 1. The molecular formula is C15H17N5O2S. The summed E-state index contributed by atoms with van der Waals surface area (Å²) in [4.78, 5) is 18.6. The van der Waals surface area contributed by atoms with E-state index in [9.17, 15) is 4.79 Å². The molecule has 8 heteroatoms. The minimum Gasteiger partial charge on any atom is -0.378 e. The molecule has 7 nitrogen and oxygen atoms in total. The van der Waals surface area contributed by atoms with Gasteiger partial charge in [-0.3, -0.25) is 0 Å². The second-order valence-corrected chi connectivity index (χ2v) is 5.92. The van der Waals surface area contributed by atoms with Crippen LogP contribution in [0.25, 0.3) is 11.3 Å². The van der Waals surface area contributed by atoms with Crippen LogP contribution >= 0.6 is 11.3 Å². The van der Waals surface area contributed by atoms with Crippen LogP contribution < -0.4 is 16.1 Å². The van der Waals surface area contributed by atoms with Crippen molar-refractivity contribution in [2.45, 2.75) is 0 Å². The summed E-state index contributed by atoms with van der Waals surface area (Å²) in [6.07, 6.45) is 1.58. The SMILES string of the molecule is NC(=O)N/N=C\c1sc(N2CCOCC2)nc1-c1ccccc1. The first-order chi connectivity index (χ1) is 11.2. The van der Waals surface area contributed by atoms with Gasteiger partial charge in [-0.1, -0.05) is 41.7 Å². The van der Waals surface area contributed by atoms with Gasteiger partial charge in [0.15, 0.2) is 5.13 Å². The molecule has 0 saturated carbocycles. The highest BCUT2D eigenvalue weighted by atomic mass is 32.1. The number of hydrazone groups is 1. The molecule has 2 aromatic rings. The van der Waals surface area contributed by atoms with Gasteiger partial charge in [-0.25, -0.2) is 15.2 Å². The summed E-state index contributed by atoms with van der Waals surface area (Å²) in [6, 6.07) is 9.19. The molecule has 1 saturated heterocycles. The minimum atomic E-state index is -0.694. The maximum Gasteiger partial charge on any atom is 0.332 e. The van der Waals surface area contributed by atoms with Crippen LogP contribution in [0.1, 0.15) is 4.88 Å². The van der Waals surface area contributed by atoms with Crippen molar-refractivity contribution in [1.82, 2.24) is 10.4 Å². The smallest absolute Gasteiger partial charge is 0.332 e. The van der Waals surface area contributed by atoms with Gasteiger partial charge in [-0.2, -0.15) is 5.10 Å². The monoisotopic (exact) mass is 331 g/mol. The quantitative estimate of drug-likeness (QED) is 0.658. The Morgan fingerprint density at radius 2 is 2.09 bits per heavy atom. The fraction of sp³-hybridized carbons (Fsp3) is 0.267. The molecule has 0 bridgehead atoms. The number of anilines is 1. The van der Waals surface area contributed by atoms with Crippen molar-refractivity contribution in [3.05, 3.63) is 35.2 Å². The lowest BCUT2D eigenvalue weighted by Gasteiger charge is -2.26. The third-order valence-corrected chi connectivity index (χ3v) is 4.38. The van der Waals surface area contributed by atoms with Crippen LogP contribution in [0, 0.1) is 0 Å². The van der Waals surface area contributed by atoms with Crippen LogP contribution in [-0.2, 0) is 4.74 Å². The topological polar surface area (TPSA) is 92.8 Å². The summed E-state index contributed by atoms with van der Waals surface area (Å²) in [7, 11) is 0. The Labute approximate surface area is 137 Å². The van der Waals surface area contributed by atoms with Gasteiger partial charge in [0, 0.05) is 18.7 Å². The van der Waals surface area contributed by atoms with Crippen LogP contribution in [0.3, 0.4) is 0 Å². The van der Waals surface area contributed by atoms with Gasteiger partial charge >= 0.3 is 6.03 Å². The molecule has 1 aliphatic heterocycles. The molecule has 1 fully saturated rings. The van der Waals surface area contributed by atoms with E-state index in [1.165, 1.54) is 11.3 Å². The predicted molar refractivity (Wildman–Crippen MR) is 90.9 cm³/mol. The Bertz CT molecular complexity index is 695. The van der Waals surface area contributed by atoms with Crippen LogP contribution in [0.15, 0.2) is 35.4 Å². The van der Waals surface area contributed by atoms with Crippen LogP contribution in [0.4, 0.5) is 9.93 Å². The Balaban J connectivity index is 1.92. The highest BCUT2D eigenvalue weighted by Gasteiger charge is 2.18. The number of carbonyl (C=O) groups is 1. The van der Waals surface area contributed by atoms with Gasteiger partial charge in [0.1, 0.15) is 0 Å². The van der Waals surface area contributed by atoms with E-state index in [-0.39, 0.29) is 0 Å². The number of rotatable bonds is 4. The molecule has 0 aliphatic carbocycles. The summed E-state index contributed by atoms with van der Waals surface area (Å²) in [5.41, 5.74) is 9.09. The number of nitrogens with two attached hydrogens (primary N) is 1. The highest BCUT2D eigenvalue weighted by molar-refractivity contribution is 7.17. The maximum atomic E-state index is 10.8. The van der Waals surface area contributed by atoms with Gasteiger partial charge in [-0.15, -0.1) is 0 Å². The standard InChI is InChI=1S/C15H17N5O2S/c16-14(21)19-17-10-12-13(11-4-2-1-3-5-11)18-15(23-12)20-6-8-22-9-7-20/h1-5,10H,6-9H2,(H3,16,19,21)/b17-10-. The first kappa shape index (κ1) is 15.4. The molecule has 0 unspecified atom stereocenters. The number of primary amides is 1. The molecule has 1 aromatic carbocycles. The molecule has 3 N–H and O–H groups in total. The minimum absolute atomic E-state index is 0.694. The van der Waals surface area contributed by atoms with Crippen molar-refractivity contribution >= 4 is 28.7 Å². The second kappa shape index (κ2) is 7.21. The van der Waals surface area contributed by atoms with Gasteiger partial charge in [0.2, 0.25) is 0 Å². The molecular weight excluding hydrogens is 314 g/mol. The number of nitrogens with one attached hydrogen (secondary N) is 1. The lowest BCUT2D eigenvalue weighted by molar-refractivity contribution is 0.122. The fourth-order valence-electron chi connectivity index (χ4n) is 2.25. The average Bonchev–Trinajstić information content (AvgIpc) is 3.00. The van der Waals surface area contributed by atoms with Crippen molar-refractivity contribution in [2.75, 3.05) is 31.2 Å². The number of amides is 2. The first-order valence-electron chi connectivity index (χ1n) is 7.21. The Kier molecular flexibility index (Phi) is 4.84. The van der Waals surface area contributed by atoms with Gasteiger partial charge in [-0.05, 0) is 0 Å². The normalized spacial score (nSPS) is 15.0. The van der Waals surface area contributed by atoms with E-state index in [1.54, 1.807) is 6.21 Å². The number of hydrogen-bond acceptors (Lipinski definition) is 6. The van der Waals surface area contributed by atoms with Crippen LogP contribution in [-0.4, -0.2) is 43.5 Å². The van der Waals surface area contributed by atoms with Crippen molar-refractivity contribution in [3.63, 3.8) is 0 Å². The molecule has 2 amide bonds. The third kappa shape index (κ3) is 3.85. The van der Waals surface area contributed by atoms with Crippen molar-refractivity contribution < 1.29 is 9.53 Å². The number of carbonyl (C=O) groups excluding carboxylic acids is 1. The van der Waals surface area contributed by atoms with Gasteiger partial charge in [0.25, 0.3) is 0 Å². The first-order valence-corrected chi connectivity index (χ1v) is 8.03. The molecule has 0 spiro atoms. The molecule has 2 heterocycles. The second-order valence-electron chi connectivity index (χ2n) is 4.91. The van der Waals surface area contributed by atoms with Gasteiger partial charge in [0.05, 0.1) is 30.0 Å². The van der Waals surface area contributed by atoms with Crippen LogP contribution in [0.5, 0.6) is 0 Å². The number of ether oxygens (including phenoxy) is 1. The van der Waals surface area contributed by atoms with E-state index in [0.717, 1.165) is 34.4 Å². The number of thiazole rings is 1. The Hall–Kier alpha value is -2.45. The van der Waals surface area contributed by atoms with E-state index >= 15 is 0 Å². The molecule has 120 valence electrons. The summed E-state index contributed by atoms with van der Waals surface area (Å²) in [6.45, 7) is 3.04. The van der Waals surface area contributed by atoms with E-state index in [2.05, 4.69) is 15.4 Å². The summed E-state index contributed by atoms with van der Waals surface area (Å²) in [5, 5.41) is 4.79. The molecule has 23 heavy (non-hydrogen) atoms. The predicted octanol–water partition coefficient (Wildman–Crippen LogP) is 1.65. The largest absolute Gasteiger partial charge is 0.378 e. The zero-order valence-electron chi connectivity index (χ0n) is 12.4. The van der Waals surface area contributed by atoms with Gasteiger partial charge < -0.3 is 15.4 Å². The van der Waals surface area contributed by atoms with Crippen molar-refractivity contribution in [2.24, 2.45) is 10.8 Å². The fourth-order valence-corrected chi connectivity index (χ4v) is 3.27. The number of benzene rings is 1. The van der Waals surface area contributed by atoms with Crippen LogP contribution in [0.2, 0.25) is 0 Å². The van der Waals surface area contributed by atoms with Crippen molar-refractivity contribution in [3.8, 4) is 11.3 Å². The number of hydrogen-bond donors (Lipinski definition) is 2. The lowest BCUT2D eigenvalue weighted by Crippen LogP contribution is -2.36. The third-order valence-electron chi connectivity index (χ3n) is 3.33. The van der Waals surface area contributed by atoms with E-state index in [4.69, 9.17) is 15.5 Å². The van der Waals surface area contributed by atoms with Crippen molar-refractivity contribution in [1.29, 1.82) is 0 Å².